The van der Waals surface area contributed by atoms with Crippen molar-refractivity contribution in [2.24, 2.45) is 0 Å². The second-order valence-corrected chi connectivity index (χ2v) is 4.97. The summed E-state index contributed by atoms with van der Waals surface area (Å²) in [5.74, 6) is 0.950. The Morgan fingerprint density at radius 1 is 1.47 bits per heavy atom. The van der Waals surface area contributed by atoms with Crippen molar-refractivity contribution in [2.45, 2.75) is 20.3 Å². The van der Waals surface area contributed by atoms with Crippen LogP contribution in [-0.4, -0.2) is 20.2 Å². The van der Waals surface area contributed by atoms with Crippen LogP contribution in [0.3, 0.4) is 0 Å². The van der Waals surface area contributed by atoms with Gasteiger partial charge in [0.2, 0.25) is 0 Å². The van der Waals surface area contributed by atoms with Gasteiger partial charge in [-0.1, -0.05) is 34.5 Å². The van der Waals surface area contributed by atoms with Crippen LogP contribution >= 0.6 is 15.9 Å². The molecule has 0 radical (unpaired) electrons. The first-order valence-corrected chi connectivity index (χ1v) is 6.70. The molecule has 1 aromatic carbocycles. The summed E-state index contributed by atoms with van der Waals surface area (Å²) in [5.41, 5.74) is 2.41. The summed E-state index contributed by atoms with van der Waals surface area (Å²) < 4.78 is 6.81. The zero-order valence-corrected chi connectivity index (χ0v) is 12.3. The maximum Gasteiger partial charge on any atom is 0.126 e. The molecule has 0 unspecified atom stereocenters. The van der Waals surface area contributed by atoms with Crippen molar-refractivity contribution >= 4 is 22.0 Å². The number of benzene rings is 1. The highest BCUT2D eigenvalue weighted by Crippen LogP contribution is 2.25. The molecule has 2 nitrogen and oxygen atoms in total. The summed E-state index contributed by atoms with van der Waals surface area (Å²) in [5, 5.41) is 3.14. The zero-order valence-electron chi connectivity index (χ0n) is 10.7. The first-order chi connectivity index (χ1) is 8.17. The van der Waals surface area contributed by atoms with Crippen molar-refractivity contribution in [3.8, 4) is 5.75 Å². The molecule has 17 heavy (non-hydrogen) atoms. The lowest BCUT2D eigenvalue weighted by Gasteiger charge is -2.10. The van der Waals surface area contributed by atoms with E-state index in [4.69, 9.17) is 4.74 Å². The van der Waals surface area contributed by atoms with Gasteiger partial charge in [0.1, 0.15) is 5.75 Å². The van der Waals surface area contributed by atoms with E-state index in [9.17, 15) is 0 Å². The van der Waals surface area contributed by atoms with Gasteiger partial charge < -0.3 is 10.1 Å². The highest BCUT2D eigenvalue weighted by molar-refractivity contribution is 9.10. The number of rotatable bonds is 6. The highest BCUT2D eigenvalue weighted by atomic mass is 79.9. The number of hydrogen-bond acceptors (Lipinski definition) is 2. The Balaban J connectivity index is 2.94. The summed E-state index contributed by atoms with van der Waals surface area (Å²) in [6.07, 6.45) is 3.18. The Labute approximate surface area is 112 Å². The van der Waals surface area contributed by atoms with Gasteiger partial charge in [-0.15, -0.1) is 0 Å². The smallest absolute Gasteiger partial charge is 0.126 e. The van der Waals surface area contributed by atoms with E-state index in [-0.39, 0.29) is 0 Å². The van der Waals surface area contributed by atoms with Gasteiger partial charge in [-0.25, -0.2) is 0 Å². The molecule has 0 bridgehead atoms. The van der Waals surface area contributed by atoms with Gasteiger partial charge in [-0.05, 0) is 38.6 Å². The molecular formula is C14H20BrNO. The summed E-state index contributed by atoms with van der Waals surface area (Å²) in [4.78, 5) is 0. The van der Waals surface area contributed by atoms with E-state index in [2.05, 4.69) is 47.2 Å². The summed E-state index contributed by atoms with van der Waals surface area (Å²) in [6.45, 7) is 5.87. The molecular weight excluding hydrogens is 278 g/mol. The van der Waals surface area contributed by atoms with Crippen molar-refractivity contribution in [1.29, 1.82) is 0 Å². The van der Waals surface area contributed by atoms with Gasteiger partial charge in [0.25, 0.3) is 0 Å². The van der Waals surface area contributed by atoms with Crippen LogP contribution in [0, 0.1) is 0 Å². The van der Waals surface area contributed by atoms with Gasteiger partial charge in [0.15, 0.2) is 0 Å². The fourth-order valence-electron chi connectivity index (χ4n) is 1.57. The Morgan fingerprint density at radius 2 is 2.24 bits per heavy atom. The third-order valence-corrected chi connectivity index (χ3v) is 2.78. The van der Waals surface area contributed by atoms with Crippen LogP contribution < -0.4 is 10.1 Å². The quantitative estimate of drug-likeness (QED) is 0.861. The molecule has 0 amide bonds. The Morgan fingerprint density at radius 3 is 2.88 bits per heavy atom. The van der Waals surface area contributed by atoms with E-state index < -0.39 is 0 Å². The van der Waals surface area contributed by atoms with Crippen molar-refractivity contribution < 1.29 is 4.74 Å². The van der Waals surface area contributed by atoms with E-state index in [1.165, 1.54) is 5.57 Å². The van der Waals surface area contributed by atoms with E-state index in [0.717, 1.165) is 35.4 Å². The number of halogens is 1. The summed E-state index contributed by atoms with van der Waals surface area (Å²) in [7, 11) is 1.95. The summed E-state index contributed by atoms with van der Waals surface area (Å²) >= 11 is 3.49. The Kier molecular flexibility index (Phi) is 6.30. The third kappa shape index (κ3) is 4.92. The predicted molar refractivity (Wildman–Crippen MR) is 77.5 cm³/mol. The second-order valence-electron chi connectivity index (χ2n) is 4.05. The van der Waals surface area contributed by atoms with Crippen LogP contribution in [0.25, 0.3) is 6.08 Å². The fraction of sp³-hybridized carbons (Fsp3) is 0.429. The van der Waals surface area contributed by atoms with E-state index in [0.29, 0.717) is 0 Å². The number of hydrogen-bond donors (Lipinski definition) is 1. The first kappa shape index (κ1) is 14.3. The molecule has 1 N–H and O–H groups in total. The van der Waals surface area contributed by atoms with Crippen molar-refractivity contribution in [2.75, 3.05) is 20.2 Å². The number of nitrogens with one attached hydrogen (secondary N) is 1. The van der Waals surface area contributed by atoms with Crippen LogP contribution in [0.2, 0.25) is 0 Å². The molecule has 0 spiro atoms. The molecule has 1 rings (SSSR count). The molecule has 0 heterocycles. The van der Waals surface area contributed by atoms with Crippen LogP contribution in [-0.2, 0) is 0 Å². The first-order valence-electron chi connectivity index (χ1n) is 5.91. The maximum atomic E-state index is 5.73. The molecule has 0 atom stereocenters. The highest BCUT2D eigenvalue weighted by Gasteiger charge is 2.02. The number of likely N-dealkylation sites (N-methyl/N-ethyl adjacent to an activating group) is 1. The molecule has 0 aliphatic heterocycles. The second kappa shape index (κ2) is 7.51. The molecule has 1 aromatic rings. The van der Waals surface area contributed by atoms with Crippen molar-refractivity contribution in [1.82, 2.24) is 5.32 Å². The number of ether oxygens (including phenoxy) is 1. The van der Waals surface area contributed by atoms with Crippen LogP contribution in [0.4, 0.5) is 0 Å². The largest absolute Gasteiger partial charge is 0.493 e. The Hall–Kier alpha value is -0.800. The van der Waals surface area contributed by atoms with Gasteiger partial charge in [0, 0.05) is 16.6 Å². The minimum absolute atomic E-state index is 0.757. The van der Waals surface area contributed by atoms with Gasteiger partial charge in [0.05, 0.1) is 6.61 Å². The molecule has 0 saturated heterocycles. The molecule has 0 aromatic heterocycles. The topological polar surface area (TPSA) is 21.3 Å². The van der Waals surface area contributed by atoms with Crippen molar-refractivity contribution in [3.05, 3.63) is 33.8 Å². The monoisotopic (exact) mass is 297 g/mol. The zero-order chi connectivity index (χ0) is 12.7. The lowest BCUT2D eigenvalue weighted by molar-refractivity contribution is 0.316. The van der Waals surface area contributed by atoms with Crippen LogP contribution in [0.5, 0.6) is 5.75 Å². The van der Waals surface area contributed by atoms with Crippen LogP contribution in [0.1, 0.15) is 25.8 Å². The average Bonchev–Trinajstić information content (AvgIpc) is 2.28. The SMILES string of the molecule is CCCOc1ccc(Br)cc1C=C(C)CNC. The predicted octanol–water partition coefficient (Wildman–Crippen LogP) is 3.86. The standard InChI is InChI=1S/C14H20BrNO/c1-4-7-17-14-6-5-13(15)9-12(14)8-11(2)10-16-3/h5-6,8-9,16H,4,7,10H2,1-3H3. The van der Waals surface area contributed by atoms with E-state index in [1.54, 1.807) is 0 Å². The maximum absolute atomic E-state index is 5.73. The molecule has 0 saturated carbocycles. The minimum atomic E-state index is 0.757. The third-order valence-electron chi connectivity index (χ3n) is 2.29. The van der Waals surface area contributed by atoms with Gasteiger partial charge >= 0.3 is 0 Å². The van der Waals surface area contributed by atoms with Gasteiger partial charge in [-0.2, -0.15) is 0 Å². The van der Waals surface area contributed by atoms with Crippen LogP contribution in [0.15, 0.2) is 28.2 Å². The lowest BCUT2D eigenvalue weighted by Crippen LogP contribution is -2.08. The van der Waals surface area contributed by atoms with E-state index in [1.807, 2.05) is 19.2 Å². The molecule has 0 fully saturated rings. The fourth-order valence-corrected chi connectivity index (χ4v) is 1.95. The Bertz CT molecular complexity index is 388. The van der Waals surface area contributed by atoms with E-state index >= 15 is 0 Å². The molecule has 3 heteroatoms. The van der Waals surface area contributed by atoms with Crippen molar-refractivity contribution in [3.63, 3.8) is 0 Å². The van der Waals surface area contributed by atoms with Gasteiger partial charge in [-0.3, -0.25) is 0 Å². The molecule has 0 aliphatic rings. The lowest BCUT2D eigenvalue weighted by atomic mass is 10.1. The average molecular weight is 298 g/mol. The molecule has 0 aliphatic carbocycles. The summed E-state index contributed by atoms with van der Waals surface area (Å²) in [6, 6.07) is 6.11. The molecule has 94 valence electrons. The minimum Gasteiger partial charge on any atom is -0.493 e. The normalized spacial score (nSPS) is 11.6.